The first-order chi connectivity index (χ1) is 14.0. The van der Waals surface area contributed by atoms with Crippen molar-refractivity contribution in [3.05, 3.63) is 35.6 Å². The Morgan fingerprint density at radius 3 is 2.40 bits per heavy atom. The van der Waals surface area contributed by atoms with Crippen LogP contribution in [0.15, 0.2) is 29.3 Å². The van der Waals surface area contributed by atoms with Crippen LogP contribution in [0.3, 0.4) is 0 Å². The number of likely N-dealkylation sites (N-methyl/N-ethyl adjacent to an activating group) is 1. The number of hydrogen-bond donors (Lipinski definition) is 2. The lowest BCUT2D eigenvalue weighted by molar-refractivity contribution is 0.0179. The molecule has 172 valence electrons. The summed E-state index contributed by atoms with van der Waals surface area (Å²) in [5, 5.41) is 6.79. The van der Waals surface area contributed by atoms with E-state index in [0.29, 0.717) is 12.6 Å². The van der Waals surface area contributed by atoms with Crippen LogP contribution in [0.5, 0.6) is 0 Å². The predicted octanol–water partition coefficient (Wildman–Crippen LogP) is 3.10. The van der Waals surface area contributed by atoms with Gasteiger partial charge in [0.25, 0.3) is 0 Å². The van der Waals surface area contributed by atoms with Crippen LogP contribution in [0.25, 0.3) is 0 Å². The van der Waals surface area contributed by atoms with E-state index in [4.69, 9.17) is 9.73 Å². The molecule has 1 unspecified atom stereocenters. The summed E-state index contributed by atoms with van der Waals surface area (Å²) in [5.41, 5.74) is 1.09. The fourth-order valence-electron chi connectivity index (χ4n) is 3.62. The van der Waals surface area contributed by atoms with E-state index in [-0.39, 0.29) is 35.8 Å². The summed E-state index contributed by atoms with van der Waals surface area (Å²) in [6, 6.07) is 7.44. The monoisotopic (exact) mass is 535 g/mol. The zero-order chi connectivity index (χ0) is 21.1. The molecule has 8 heteroatoms. The Kier molecular flexibility index (Phi) is 13.5. The van der Waals surface area contributed by atoms with Crippen LogP contribution in [0, 0.1) is 5.82 Å². The molecule has 0 spiro atoms. The summed E-state index contributed by atoms with van der Waals surface area (Å²) in [4.78, 5) is 9.65. The molecule has 1 atom stereocenters. The first kappa shape index (κ1) is 27.1. The van der Waals surface area contributed by atoms with E-state index in [2.05, 4.69) is 48.1 Å². The molecule has 0 bridgehead atoms. The lowest BCUT2D eigenvalue weighted by atomic mass is 10.0. The quantitative estimate of drug-likeness (QED) is 0.274. The molecule has 1 aliphatic rings. The summed E-state index contributed by atoms with van der Waals surface area (Å²) in [7, 11) is 0. The van der Waals surface area contributed by atoms with Crippen molar-refractivity contribution in [3.63, 3.8) is 0 Å². The molecule has 2 N–H and O–H groups in total. The Bertz CT molecular complexity index is 608. The van der Waals surface area contributed by atoms with Crippen molar-refractivity contribution < 1.29 is 9.13 Å². The number of guanidine groups is 1. The number of benzene rings is 1. The SMILES string of the molecule is CCNC(=NCC(c1ccc(F)cc1)N1CCOCC1)NCCN(CC)C(C)C.I. The van der Waals surface area contributed by atoms with E-state index in [0.717, 1.165) is 64.0 Å². The van der Waals surface area contributed by atoms with E-state index >= 15 is 0 Å². The Morgan fingerprint density at radius 1 is 1.17 bits per heavy atom. The number of halogens is 2. The average Bonchev–Trinajstić information content (AvgIpc) is 2.73. The lowest BCUT2D eigenvalue weighted by Gasteiger charge is -2.34. The second-order valence-corrected chi connectivity index (χ2v) is 7.58. The first-order valence-corrected chi connectivity index (χ1v) is 10.9. The molecule has 0 radical (unpaired) electrons. The molecule has 1 aromatic rings. The predicted molar refractivity (Wildman–Crippen MR) is 133 cm³/mol. The topological polar surface area (TPSA) is 52.1 Å². The fourth-order valence-corrected chi connectivity index (χ4v) is 3.62. The van der Waals surface area contributed by atoms with Gasteiger partial charge in [-0.15, -0.1) is 24.0 Å². The van der Waals surface area contributed by atoms with Gasteiger partial charge in [0.1, 0.15) is 5.82 Å². The van der Waals surface area contributed by atoms with Crippen molar-refractivity contribution in [3.8, 4) is 0 Å². The summed E-state index contributed by atoms with van der Waals surface area (Å²) >= 11 is 0. The van der Waals surface area contributed by atoms with Gasteiger partial charge in [-0.2, -0.15) is 0 Å². The van der Waals surface area contributed by atoms with Crippen LogP contribution in [0.4, 0.5) is 4.39 Å². The minimum Gasteiger partial charge on any atom is -0.379 e. The summed E-state index contributed by atoms with van der Waals surface area (Å²) in [5.74, 6) is 0.617. The van der Waals surface area contributed by atoms with E-state index < -0.39 is 0 Å². The first-order valence-electron chi connectivity index (χ1n) is 10.9. The van der Waals surface area contributed by atoms with Crippen molar-refractivity contribution in [2.24, 2.45) is 4.99 Å². The van der Waals surface area contributed by atoms with Crippen LogP contribution in [0.1, 0.15) is 39.3 Å². The normalized spacial score (nSPS) is 16.4. The van der Waals surface area contributed by atoms with Crippen LogP contribution in [-0.4, -0.2) is 80.8 Å². The maximum absolute atomic E-state index is 13.4. The summed E-state index contributed by atoms with van der Waals surface area (Å²) < 4.78 is 18.9. The molecule has 6 nitrogen and oxygen atoms in total. The lowest BCUT2D eigenvalue weighted by Crippen LogP contribution is -2.44. The molecule has 1 fully saturated rings. The molecule has 30 heavy (non-hydrogen) atoms. The van der Waals surface area contributed by atoms with Crippen LogP contribution in [0.2, 0.25) is 0 Å². The molecule has 1 aliphatic heterocycles. The second-order valence-electron chi connectivity index (χ2n) is 7.58. The molecular weight excluding hydrogens is 496 g/mol. The third-order valence-corrected chi connectivity index (χ3v) is 5.34. The van der Waals surface area contributed by atoms with Gasteiger partial charge in [-0.25, -0.2) is 4.39 Å². The Labute approximate surface area is 198 Å². The van der Waals surface area contributed by atoms with Gasteiger partial charge in [0.2, 0.25) is 0 Å². The number of rotatable bonds is 10. The Balaban J connectivity index is 0.00000450. The molecule has 0 aromatic heterocycles. The second kappa shape index (κ2) is 14.9. The number of ether oxygens (including phenoxy) is 1. The van der Waals surface area contributed by atoms with Gasteiger partial charge >= 0.3 is 0 Å². The standard InChI is InChI=1S/C22H38FN5O.HI/c1-5-24-22(25-11-12-27(6-2)18(3)4)26-17-21(28-13-15-29-16-14-28)19-7-9-20(23)10-8-19;/h7-10,18,21H,5-6,11-17H2,1-4H3,(H2,24,25,26);1H. The van der Waals surface area contributed by atoms with Crippen LogP contribution in [-0.2, 0) is 4.74 Å². The molecule has 1 aromatic carbocycles. The van der Waals surface area contributed by atoms with E-state index in [1.165, 1.54) is 12.1 Å². The van der Waals surface area contributed by atoms with Gasteiger partial charge in [-0.05, 0) is 45.0 Å². The highest BCUT2D eigenvalue weighted by molar-refractivity contribution is 14.0. The van der Waals surface area contributed by atoms with Crippen molar-refractivity contribution >= 4 is 29.9 Å². The number of hydrogen-bond acceptors (Lipinski definition) is 4. The molecule has 0 saturated carbocycles. The van der Waals surface area contributed by atoms with E-state index in [1.54, 1.807) is 0 Å². The third kappa shape index (κ3) is 9.03. The zero-order valence-corrected chi connectivity index (χ0v) is 21.2. The smallest absolute Gasteiger partial charge is 0.191 e. The van der Waals surface area contributed by atoms with Gasteiger partial charge in [-0.3, -0.25) is 14.8 Å². The third-order valence-electron chi connectivity index (χ3n) is 5.34. The van der Waals surface area contributed by atoms with Gasteiger partial charge < -0.3 is 15.4 Å². The maximum atomic E-state index is 13.4. The van der Waals surface area contributed by atoms with Gasteiger partial charge in [0.15, 0.2) is 5.96 Å². The van der Waals surface area contributed by atoms with Crippen molar-refractivity contribution in [2.45, 2.75) is 39.8 Å². The molecule has 2 rings (SSSR count). The van der Waals surface area contributed by atoms with Crippen molar-refractivity contribution in [2.75, 3.05) is 59.0 Å². The minimum atomic E-state index is -0.210. The highest BCUT2D eigenvalue weighted by Crippen LogP contribution is 2.22. The largest absolute Gasteiger partial charge is 0.379 e. The van der Waals surface area contributed by atoms with Gasteiger partial charge in [-0.1, -0.05) is 19.1 Å². The minimum absolute atomic E-state index is 0. The van der Waals surface area contributed by atoms with Crippen molar-refractivity contribution in [1.29, 1.82) is 0 Å². The molecule has 0 amide bonds. The number of nitrogens with one attached hydrogen (secondary N) is 2. The highest BCUT2D eigenvalue weighted by Gasteiger charge is 2.22. The zero-order valence-electron chi connectivity index (χ0n) is 18.9. The van der Waals surface area contributed by atoms with Crippen molar-refractivity contribution in [1.82, 2.24) is 20.4 Å². The molecule has 1 heterocycles. The van der Waals surface area contributed by atoms with Crippen LogP contribution < -0.4 is 10.6 Å². The number of morpholine rings is 1. The maximum Gasteiger partial charge on any atom is 0.191 e. The summed E-state index contributed by atoms with van der Waals surface area (Å²) in [6.45, 7) is 16.2. The molecule has 1 saturated heterocycles. The molecule has 0 aliphatic carbocycles. The van der Waals surface area contributed by atoms with Gasteiger partial charge in [0.05, 0.1) is 25.8 Å². The Hall–Kier alpha value is -0.970. The summed E-state index contributed by atoms with van der Waals surface area (Å²) in [6.07, 6.45) is 0. The average molecular weight is 535 g/mol. The van der Waals surface area contributed by atoms with E-state index in [9.17, 15) is 4.39 Å². The number of nitrogens with zero attached hydrogens (tertiary/aromatic N) is 3. The number of aliphatic imine (C=N–C) groups is 1. The highest BCUT2D eigenvalue weighted by atomic mass is 127. The van der Waals surface area contributed by atoms with E-state index in [1.807, 2.05) is 12.1 Å². The van der Waals surface area contributed by atoms with Crippen LogP contribution >= 0.6 is 24.0 Å². The van der Waals surface area contributed by atoms with Gasteiger partial charge in [0, 0.05) is 38.8 Å². The Morgan fingerprint density at radius 2 is 1.83 bits per heavy atom. The molecular formula is C22H39FIN5O. The fraction of sp³-hybridized carbons (Fsp3) is 0.682.